The number of nitrogens with one attached hydrogen (secondary N) is 1. The monoisotopic (exact) mass is 395 g/mol. The lowest BCUT2D eigenvalue weighted by atomic mass is 10.0. The maximum absolute atomic E-state index is 12.6. The van der Waals surface area contributed by atoms with Crippen molar-refractivity contribution >= 4 is 44.7 Å². The van der Waals surface area contributed by atoms with Crippen LogP contribution in [0.25, 0.3) is 10.1 Å². The average molecular weight is 396 g/mol. The first-order valence-electron chi connectivity index (χ1n) is 8.60. The molecular weight excluding hydrogens is 378 g/mol. The molecule has 0 unspecified atom stereocenters. The molecule has 0 fully saturated rings. The highest BCUT2D eigenvalue weighted by Gasteiger charge is 2.18. The summed E-state index contributed by atoms with van der Waals surface area (Å²) in [5.74, 6) is 0. The Morgan fingerprint density at radius 2 is 1.96 bits per heavy atom. The van der Waals surface area contributed by atoms with Crippen molar-refractivity contribution in [1.29, 1.82) is 0 Å². The van der Waals surface area contributed by atoms with Crippen molar-refractivity contribution in [2.24, 2.45) is 0 Å². The number of benzene rings is 2. The van der Waals surface area contributed by atoms with Crippen LogP contribution in [0.3, 0.4) is 0 Å². The van der Waals surface area contributed by atoms with Crippen LogP contribution in [-0.2, 0) is 6.42 Å². The maximum Gasteiger partial charge on any atom is 0.346 e. The highest BCUT2D eigenvalue weighted by molar-refractivity contribution is 7.17. The quantitative estimate of drug-likeness (QED) is 0.459. The van der Waals surface area contributed by atoms with E-state index in [0.717, 1.165) is 39.5 Å². The van der Waals surface area contributed by atoms with E-state index in [-0.39, 0.29) is 6.03 Å². The second-order valence-corrected chi connectivity index (χ2v) is 7.78. The van der Waals surface area contributed by atoms with Gasteiger partial charge in [0.2, 0.25) is 0 Å². The fourth-order valence-electron chi connectivity index (χ4n) is 3.21. The number of hydrogen-bond acceptors (Lipinski definition) is 3. The number of aromatic nitrogens is 2. The molecule has 0 aliphatic carbocycles. The van der Waals surface area contributed by atoms with Gasteiger partial charge in [0.25, 0.3) is 0 Å². The van der Waals surface area contributed by atoms with Crippen molar-refractivity contribution in [2.45, 2.75) is 20.3 Å². The summed E-state index contributed by atoms with van der Waals surface area (Å²) in [7, 11) is 0. The Kier molecular flexibility index (Phi) is 4.72. The topological polar surface area (TPSA) is 46.9 Å². The molecule has 0 saturated heterocycles. The Bertz CT molecular complexity index is 1130. The zero-order chi connectivity index (χ0) is 19.0. The van der Waals surface area contributed by atoms with Gasteiger partial charge < -0.3 is 5.32 Å². The Hall–Kier alpha value is -2.63. The Balaban J connectivity index is 1.64. The molecule has 2 aromatic carbocycles. The summed E-state index contributed by atoms with van der Waals surface area (Å²) in [5.41, 5.74) is 4.72. The molecule has 0 aliphatic rings. The smallest absolute Gasteiger partial charge is 0.306 e. The zero-order valence-corrected chi connectivity index (χ0v) is 16.6. The molecule has 0 saturated carbocycles. The maximum atomic E-state index is 12.6. The number of para-hydroxylation sites is 1. The van der Waals surface area contributed by atoms with Gasteiger partial charge in [-0.2, -0.15) is 9.78 Å². The molecule has 27 heavy (non-hydrogen) atoms. The van der Waals surface area contributed by atoms with Crippen LogP contribution in [0.1, 0.15) is 22.5 Å². The third-order valence-electron chi connectivity index (χ3n) is 4.64. The average Bonchev–Trinajstić information content (AvgIpc) is 3.18. The third-order valence-corrected chi connectivity index (χ3v) is 5.89. The number of hydrogen-bond donors (Lipinski definition) is 1. The van der Waals surface area contributed by atoms with E-state index in [1.165, 1.54) is 14.9 Å². The minimum atomic E-state index is -0.258. The molecule has 0 atom stereocenters. The largest absolute Gasteiger partial charge is 0.346 e. The Morgan fingerprint density at radius 1 is 1.19 bits per heavy atom. The van der Waals surface area contributed by atoms with Crippen LogP contribution in [0.15, 0.2) is 53.9 Å². The van der Waals surface area contributed by atoms with Gasteiger partial charge in [0.1, 0.15) is 0 Å². The zero-order valence-electron chi connectivity index (χ0n) is 15.0. The van der Waals surface area contributed by atoms with E-state index in [2.05, 4.69) is 15.8 Å². The summed E-state index contributed by atoms with van der Waals surface area (Å²) >= 11 is 7.87. The van der Waals surface area contributed by atoms with Crippen molar-refractivity contribution in [3.05, 3.63) is 81.4 Å². The van der Waals surface area contributed by atoms with Gasteiger partial charge >= 0.3 is 6.03 Å². The van der Waals surface area contributed by atoms with Gasteiger partial charge in [0, 0.05) is 33.1 Å². The first-order valence-corrected chi connectivity index (χ1v) is 9.86. The highest BCUT2D eigenvalue weighted by atomic mass is 35.5. The van der Waals surface area contributed by atoms with Crippen LogP contribution in [-0.4, -0.2) is 15.8 Å². The van der Waals surface area contributed by atoms with Gasteiger partial charge in [0.15, 0.2) is 0 Å². The van der Waals surface area contributed by atoms with E-state index >= 15 is 0 Å². The molecule has 0 spiro atoms. The van der Waals surface area contributed by atoms with Crippen LogP contribution in [0, 0.1) is 13.8 Å². The van der Waals surface area contributed by atoms with Crippen molar-refractivity contribution in [1.82, 2.24) is 9.78 Å². The summed E-state index contributed by atoms with van der Waals surface area (Å²) in [6, 6.07) is 15.1. The van der Waals surface area contributed by atoms with Crippen LogP contribution in [0.5, 0.6) is 0 Å². The fraction of sp³-hybridized carbons (Fsp3) is 0.143. The molecule has 6 heteroatoms. The molecule has 2 heterocycles. The van der Waals surface area contributed by atoms with Crippen LogP contribution >= 0.6 is 22.9 Å². The predicted molar refractivity (Wildman–Crippen MR) is 112 cm³/mol. The van der Waals surface area contributed by atoms with Crippen molar-refractivity contribution in [3.63, 3.8) is 0 Å². The van der Waals surface area contributed by atoms with Gasteiger partial charge in [-0.3, -0.25) is 0 Å². The first-order chi connectivity index (χ1) is 13.0. The number of fused-ring (bicyclic) bond motifs is 1. The van der Waals surface area contributed by atoms with Gasteiger partial charge in [-0.25, -0.2) is 4.79 Å². The van der Waals surface area contributed by atoms with E-state index in [1.807, 2.05) is 62.4 Å². The highest BCUT2D eigenvalue weighted by Crippen LogP contribution is 2.31. The number of nitrogens with zero attached hydrogens (tertiary/aromatic N) is 2. The first kappa shape index (κ1) is 17.8. The number of carbonyl (C=O) groups is 1. The normalized spacial score (nSPS) is 11.1. The Morgan fingerprint density at radius 3 is 2.74 bits per heavy atom. The SMILES string of the molecule is Cc1nn(C(=O)Nc2ccccc2)c(C)c1Cc1csc2ccc(Cl)cc12. The molecule has 4 aromatic rings. The minimum absolute atomic E-state index is 0.258. The number of rotatable bonds is 3. The number of anilines is 1. The lowest BCUT2D eigenvalue weighted by Gasteiger charge is -2.07. The summed E-state index contributed by atoms with van der Waals surface area (Å²) in [5, 5.41) is 11.4. The molecule has 4 rings (SSSR count). The second kappa shape index (κ2) is 7.18. The predicted octanol–water partition coefficient (Wildman–Crippen LogP) is 6.04. The van der Waals surface area contributed by atoms with E-state index in [4.69, 9.17) is 11.6 Å². The summed E-state index contributed by atoms with van der Waals surface area (Å²) < 4.78 is 2.65. The van der Waals surface area contributed by atoms with Crippen molar-refractivity contribution in [2.75, 3.05) is 5.32 Å². The Labute approximate surface area is 166 Å². The van der Waals surface area contributed by atoms with Gasteiger partial charge in [-0.15, -0.1) is 11.3 Å². The molecule has 1 amide bonds. The van der Waals surface area contributed by atoms with Gasteiger partial charge in [-0.05, 0) is 60.5 Å². The van der Waals surface area contributed by atoms with Crippen molar-refractivity contribution < 1.29 is 4.79 Å². The number of aryl methyl sites for hydroxylation is 1. The lowest BCUT2D eigenvalue weighted by molar-refractivity contribution is 0.250. The number of thiophene rings is 1. The molecule has 0 bridgehead atoms. The van der Waals surface area contributed by atoms with E-state index in [9.17, 15) is 4.79 Å². The summed E-state index contributed by atoms with van der Waals surface area (Å²) in [6.45, 7) is 3.87. The second-order valence-electron chi connectivity index (χ2n) is 6.44. The molecule has 1 N–H and O–H groups in total. The van der Waals surface area contributed by atoms with Crippen LogP contribution in [0.2, 0.25) is 5.02 Å². The minimum Gasteiger partial charge on any atom is -0.306 e. The van der Waals surface area contributed by atoms with E-state index in [0.29, 0.717) is 0 Å². The van der Waals surface area contributed by atoms with Crippen LogP contribution in [0.4, 0.5) is 10.5 Å². The van der Waals surface area contributed by atoms with Crippen molar-refractivity contribution in [3.8, 4) is 0 Å². The molecular formula is C21H18ClN3OS. The van der Waals surface area contributed by atoms with Crippen LogP contribution < -0.4 is 5.32 Å². The number of amides is 1. The fourth-order valence-corrected chi connectivity index (χ4v) is 4.32. The molecule has 0 aliphatic heterocycles. The van der Waals surface area contributed by atoms with E-state index < -0.39 is 0 Å². The van der Waals surface area contributed by atoms with Gasteiger partial charge in [0.05, 0.1) is 5.69 Å². The molecule has 4 nitrogen and oxygen atoms in total. The summed E-state index contributed by atoms with van der Waals surface area (Å²) in [6.07, 6.45) is 0.719. The molecule has 2 aromatic heterocycles. The molecule has 0 radical (unpaired) electrons. The summed E-state index contributed by atoms with van der Waals surface area (Å²) in [4.78, 5) is 12.6. The van der Waals surface area contributed by atoms with Gasteiger partial charge in [-0.1, -0.05) is 29.8 Å². The molecule has 136 valence electrons. The van der Waals surface area contributed by atoms with E-state index in [1.54, 1.807) is 11.3 Å². The number of halogens is 1. The standard InChI is InChI=1S/C21H18ClN3OS/c1-13-18(10-15-12-27-20-9-8-16(22)11-19(15)20)14(2)25(24-13)21(26)23-17-6-4-3-5-7-17/h3-9,11-12H,10H2,1-2H3,(H,23,26). The third kappa shape index (κ3) is 3.48. The lowest BCUT2D eigenvalue weighted by Crippen LogP contribution is -2.22. The number of carbonyl (C=O) groups excluding carboxylic acids is 1.